The van der Waals surface area contributed by atoms with Crippen molar-refractivity contribution in [2.45, 2.75) is 6.92 Å². The van der Waals surface area contributed by atoms with Gasteiger partial charge in [0.05, 0.1) is 25.1 Å². The van der Waals surface area contributed by atoms with Crippen LogP contribution in [-0.2, 0) is 0 Å². The van der Waals surface area contributed by atoms with Crippen molar-refractivity contribution >= 4 is 22.2 Å². The lowest BCUT2D eigenvalue weighted by Gasteiger charge is -2.08. The number of hydrogen-bond acceptors (Lipinski definition) is 5. The monoisotopic (exact) mass is 326 g/mol. The average Bonchev–Trinajstić information content (AvgIpc) is 3.05. The maximum Gasteiger partial charge on any atom is 0.187 e. The topological polar surface area (TPSA) is 43.4 Å². The Labute approximate surface area is 139 Å². The molecule has 1 aromatic heterocycles. The van der Waals surface area contributed by atoms with Crippen LogP contribution in [-0.4, -0.2) is 18.7 Å². The molecule has 0 aliphatic heterocycles. The van der Waals surface area contributed by atoms with E-state index in [-0.39, 0.29) is 0 Å². The van der Waals surface area contributed by atoms with Crippen LogP contribution in [0.3, 0.4) is 0 Å². The van der Waals surface area contributed by atoms with Crippen LogP contribution in [0.5, 0.6) is 11.5 Å². The van der Waals surface area contributed by atoms with Crippen LogP contribution in [0.15, 0.2) is 53.9 Å². The predicted molar refractivity (Wildman–Crippen MR) is 95.0 cm³/mol. The molecular weight excluding hydrogens is 308 g/mol. The summed E-state index contributed by atoms with van der Waals surface area (Å²) < 4.78 is 10.8. The average molecular weight is 326 g/mol. The Kier molecular flexibility index (Phi) is 4.78. The number of hydrogen-bond donors (Lipinski definition) is 1. The number of thiazole rings is 1. The standard InChI is InChI=1S/C18H18N2O2S/c1-3-22-14-10-8-13(9-11-14)16-12-23-18(20-16)19-15-6-4-5-7-17(15)21-2/h4-12H,3H2,1-2H3,(H,19,20). The number of para-hydroxylation sites is 2. The second-order valence-electron chi connectivity index (χ2n) is 4.82. The van der Waals surface area contributed by atoms with Gasteiger partial charge in [-0.05, 0) is 43.3 Å². The first-order chi connectivity index (χ1) is 11.3. The van der Waals surface area contributed by atoms with Gasteiger partial charge in [0.25, 0.3) is 0 Å². The zero-order valence-electron chi connectivity index (χ0n) is 13.1. The van der Waals surface area contributed by atoms with E-state index >= 15 is 0 Å². The van der Waals surface area contributed by atoms with E-state index in [1.165, 1.54) is 0 Å². The molecule has 0 bridgehead atoms. The fraction of sp³-hybridized carbons (Fsp3) is 0.167. The van der Waals surface area contributed by atoms with Crippen molar-refractivity contribution in [1.29, 1.82) is 0 Å². The van der Waals surface area contributed by atoms with E-state index in [1.807, 2.05) is 60.8 Å². The summed E-state index contributed by atoms with van der Waals surface area (Å²) in [6.07, 6.45) is 0. The molecule has 0 unspecified atom stereocenters. The molecule has 118 valence electrons. The molecule has 0 amide bonds. The highest BCUT2D eigenvalue weighted by atomic mass is 32.1. The number of rotatable bonds is 6. The largest absolute Gasteiger partial charge is 0.495 e. The van der Waals surface area contributed by atoms with E-state index in [0.29, 0.717) is 6.61 Å². The Morgan fingerprint density at radius 3 is 2.61 bits per heavy atom. The zero-order valence-corrected chi connectivity index (χ0v) is 13.9. The summed E-state index contributed by atoms with van der Waals surface area (Å²) in [4.78, 5) is 4.64. The van der Waals surface area contributed by atoms with E-state index in [9.17, 15) is 0 Å². The molecule has 3 rings (SSSR count). The number of anilines is 2. The molecule has 0 saturated carbocycles. The second-order valence-corrected chi connectivity index (χ2v) is 5.68. The summed E-state index contributed by atoms with van der Waals surface area (Å²) >= 11 is 1.56. The van der Waals surface area contributed by atoms with E-state index in [2.05, 4.69) is 10.3 Å². The molecule has 1 N–H and O–H groups in total. The Hall–Kier alpha value is -2.53. The summed E-state index contributed by atoms with van der Waals surface area (Å²) in [7, 11) is 1.66. The van der Waals surface area contributed by atoms with Crippen LogP contribution in [0.25, 0.3) is 11.3 Å². The zero-order chi connectivity index (χ0) is 16.1. The van der Waals surface area contributed by atoms with E-state index in [0.717, 1.165) is 33.6 Å². The van der Waals surface area contributed by atoms with Crippen LogP contribution >= 0.6 is 11.3 Å². The quantitative estimate of drug-likeness (QED) is 0.695. The fourth-order valence-electron chi connectivity index (χ4n) is 2.22. The lowest BCUT2D eigenvalue weighted by atomic mass is 10.2. The van der Waals surface area contributed by atoms with Gasteiger partial charge in [-0.3, -0.25) is 0 Å². The first-order valence-corrected chi connectivity index (χ1v) is 8.27. The molecule has 0 radical (unpaired) electrons. The minimum Gasteiger partial charge on any atom is -0.495 e. The first kappa shape index (κ1) is 15.4. The van der Waals surface area contributed by atoms with Crippen molar-refractivity contribution in [3.05, 3.63) is 53.9 Å². The maximum atomic E-state index is 5.46. The number of aromatic nitrogens is 1. The molecule has 4 nitrogen and oxygen atoms in total. The molecule has 0 atom stereocenters. The number of ether oxygens (including phenoxy) is 2. The van der Waals surface area contributed by atoms with Gasteiger partial charge in [-0.15, -0.1) is 11.3 Å². The molecule has 0 aliphatic carbocycles. The molecule has 0 fully saturated rings. The van der Waals surface area contributed by atoms with Gasteiger partial charge in [0.1, 0.15) is 11.5 Å². The van der Waals surface area contributed by atoms with Crippen LogP contribution < -0.4 is 14.8 Å². The number of nitrogens with zero attached hydrogens (tertiary/aromatic N) is 1. The van der Waals surface area contributed by atoms with E-state index < -0.39 is 0 Å². The molecule has 23 heavy (non-hydrogen) atoms. The van der Waals surface area contributed by atoms with Crippen molar-refractivity contribution in [3.63, 3.8) is 0 Å². The first-order valence-electron chi connectivity index (χ1n) is 7.39. The van der Waals surface area contributed by atoms with Gasteiger partial charge >= 0.3 is 0 Å². The van der Waals surface area contributed by atoms with Crippen LogP contribution in [0.2, 0.25) is 0 Å². The summed E-state index contributed by atoms with van der Waals surface area (Å²) in [5.74, 6) is 1.67. The summed E-state index contributed by atoms with van der Waals surface area (Å²) in [5.41, 5.74) is 2.91. The van der Waals surface area contributed by atoms with Gasteiger partial charge in [0.15, 0.2) is 5.13 Å². The third-order valence-corrected chi connectivity index (χ3v) is 4.07. The van der Waals surface area contributed by atoms with Crippen molar-refractivity contribution in [3.8, 4) is 22.8 Å². The smallest absolute Gasteiger partial charge is 0.187 e. The Morgan fingerprint density at radius 2 is 1.87 bits per heavy atom. The molecule has 0 saturated heterocycles. The van der Waals surface area contributed by atoms with Gasteiger partial charge in [0, 0.05) is 10.9 Å². The van der Waals surface area contributed by atoms with Crippen LogP contribution in [0, 0.1) is 0 Å². The molecule has 0 spiro atoms. The summed E-state index contributed by atoms with van der Waals surface area (Å²) in [6, 6.07) is 15.8. The Morgan fingerprint density at radius 1 is 1.09 bits per heavy atom. The highest BCUT2D eigenvalue weighted by Crippen LogP contribution is 2.31. The minimum atomic E-state index is 0.670. The number of benzene rings is 2. The third-order valence-electron chi connectivity index (χ3n) is 3.31. The van der Waals surface area contributed by atoms with Gasteiger partial charge in [-0.2, -0.15) is 0 Å². The Bertz CT molecular complexity index is 769. The molecule has 3 aromatic rings. The highest BCUT2D eigenvalue weighted by molar-refractivity contribution is 7.14. The lowest BCUT2D eigenvalue weighted by Crippen LogP contribution is -1.93. The SMILES string of the molecule is CCOc1ccc(-c2csc(Nc3ccccc3OC)n2)cc1. The van der Waals surface area contributed by atoms with Crippen molar-refractivity contribution in [1.82, 2.24) is 4.98 Å². The van der Waals surface area contributed by atoms with Gasteiger partial charge in [-0.1, -0.05) is 12.1 Å². The van der Waals surface area contributed by atoms with Crippen LogP contribution in [0.1, 0.15) is 6.92 Å². The predicted octanol–water partition coefficient (Wildman–Crippen LogP) is 4.96. The van der Waals surface area contributed by atoms with Crippen molar-refractivity contribution in [2.24, 2.45) is 0 Å². The van der Waals surface area contributed by atoms with Gasteiger partial charge in [0.2, 0.25) is 0 Å². The molecule has 2 aromatic carbocycles. The molecule has 5 heteroatoms. The number of methoxy groups -OCH3 is 1. The molecule has 0 aliphatic rings. The van der Waals surface area contributed by atoms with Gasteiger partial charge < -0.3 is 14.8 Å². The summed E-state index contributed by atoms with van der Waals surface area (Å²) in [5, 5.41) is 6.17. The maximum absolute atomic E-state index is 5.46. The highest BCUT2D eigenvalue weighted by Gasteiger charge is 2.07. The molecular formula is C18H18N2O2S. The van der Waals surface area contributed by atoms with Crippen molar-refractivity contribution in [2.75, 3.05) is 19.0 Å². The Balaban J connectivity index is 1.77. The lowest BCUT2D eigenvalue weighted by molar-refractivity contribution is 0.340. The van der Waals surface area contributed by atoms with Crippen molar-refractivity contribution < 1.29 is 9.47 Å². The van der Waals surface area contributed by atoms with Gasteiger partial charge in [-0.25, -0.2) is 4.98 Å². The fourth-order valence-corrected chi connectivity index (χ4v) is 2.95. The third kappa shape index (κ3) is 3.63. The summed E-state index contributed by atoms with van der Waals surface area (Å²) in [6.45, 7) is 2.65. The van der Waals surface area contributed by atoms with E-state index in [1.54, 1.807) is 18.4 Å². The van der Waals surface area contributed by atoms with E-state index in [4.69, 9.17) is 9.47 Å². The van der Waals surface area contributed by atoms with Crippen LogP contribution in [0.4, 0.5) is 10.8 Å². The minimum absolute atomic E-state index is 0.670. The molecule has 1 heterocycles. The number of nitrogens with one attached hydrogen (secondary N) is 1. The normalized spacial score (nSPS) is 10.3. The second kappa shape index (κ2) is 7.15.